The lowest BCUT2D eigenvalue weighted by molar-refractivity contribution is 0.439. The number of rotatable bonds is 13. The minimum atomic E-state index is -0.206. The molecule has 4 nitrogen and oxygen atoms in total. The van der Waals surface area contributed by atoms with Crippen LogP contribution < -0.4 is 15.8 Å². The van der Waals surface area contributed by atoms with E-state index in [1.54, 1.807) is 6.08 Å². The van der Waals surface area contributed by atoms with E-state index in [1.807, 2.05) is 38.3 Å². The molecule has 1 aromatic rings. The zero-order chi connectivity index (χ0) is 27.6. The van der Waals surface area contributed by atoms with Crippen molar-refractivity contribution < 1.29 is 4.74 Å². The molecule has 0 aromatic heterocycles. The molecule has 1 aromatic carbocycles. The molecule has 0 aliphatic carbocycles. The Hall–Kier alpha value is -3.73. The number of unbranched alkanes of at least 4 members (excludes halogenated alkanes) is 1. The summed E-state index contributed by atoms with van der Waals surface area (Å²) in [5.41, 5.74) is 10.3. The Morgan fingerprint density at radius 2 is 2.00 bits per heavy atom. The Labute approximate surface area is 225 Å². The lowest BCUT2D eigenvalue weighted by Crippen LogP contribution is -2.25. The second-order valence-electron chi connectivity index (χ2n) is 8.64. The molecule has 4 heteroatoms. The zero-order valence-electron chi connectivity index (χ0n) is 23.4. The number of nitrogens with one attached hydrogen (secondary N) is 1. The van der Waals surface area contributed by atoms with Crippen LogP contribution in [-0.2, 0) is 0 Å². The number of nitrogens with two attached hydrogens (primary N) is 1. The number of nitrogens with zero attached hydrogens (tertiary/aromatic N) is 1. The number of hydrogen-bond donors (Lipinski definition) is 2. The first-order valence-electron chi connectivity index (χ1n) is 13.0. The van der Waals surface area contributed by atoms with Gasteiger partial charge in [-0.15, -0.1) is 0 Å². The van der Waals surface area contributed by atoms with Gasteiger partial charge in [0.05, 0.1) is 6.04 Å². The molecule has 3 N–H and O–H groups in total. The first-order chi connectivity index (χ1) is 17.9. The van der Waals surface area contributed by atoms with Gasteiger partial charge in [0.2, 0.25) is 0 Å². The molecule has 0 amide bonds. The molecule has 0 saturated carbocycles. The fourth-order valence-electron chi connectivity index (χ4n) is 3.54. The van der Waals surface area contributed by atoms with Crippen LogP contribution in [0.15, 0.2) is 77.2 Å². The molecule has 196 valence electrons. The van der Waals surface area contributed by atoms with E-state index in [4.69, 9.17) is 10.5 Å². The third-order valence-electron chi connectivity index (χ3n) is 5.82. The molecule has 0 bridgehead atoms. The Kier molecular flexibility index (Phi) is 14.9. The topological polar surface area (TPSA) is 59.6 Å². The second kappa shape index (κ2) is 17.7. The second-order valence-corrected chi connectivity index (χ2v) is 8.64. The van der Waals surface area contributed by atoms with Crippen molar-refractivity contribution in [3.8, 4) is 29.6 Å². The summed E-state index contributed by atoms with van der Waals surface area (Å²) in [4.78, 5) is 4.03. The quantitative estimate of drug-likeness (QED) is 0.0999. The van der Waals surface area contributed by atoms with Crippen LogP contribution in [0.1, 0.15) is 71.4 Å². The van der Waals surface area contributed by atoms with Crippen LogP contribution >= 0.6 is 0 Å². The third kappa shape index (κ3) is 10.4. The van der Waals surface area contributed by atoms with Crippen molar-refractivity contribution in [3.05, 3.63) is 83.3 Å². The summed E-state index contributed by atoms with van der Waals surface area (Å²) in [6.07, 6.45) is 13.6. The third-order valence-corrected chi connectivity index (χ3v) is 5.82. The van der Waals surface area contributed by atoms with Gasteiger partial charge >= 0.3 is 0 Å². The average molecular weight is 498 g/mol. The van der Waals surface area contributed by atoms with Crippen LogP contribution in [0.5, 0.6) is 5.75 Å². The van der Waals surface area contributed by atoms with E-state index in [2.05, 4.69) is 93.3 Å². The first-order valence-corrected chi connectivity index (χ1v) is 13.0. The summed E-state index contributed by atoms with van der Waals surface area (Å²) < 4.78 is 6.52. The average Bonchev–Trinajstić information content (AvgIpc) is 2.90. The summed E-state index contributed by atoms with van der Waals surface area (Å²) in [6.45, 7) is 18.1. The van der Waals surface area contributed by atoms with Gasteiger partial charge in [-0.2, -0.15) is 0 Å². The van der Waals surface area contributed by atoms with E-state index in [-0.39, 0.29) is 12.0 Å². The Morgan fingerprint density at radius 1 is 1.24 bits per heavy atom. The minimum absolute atomic E-state index is 0.206. The molecule has 0 aliphatic heterocycles. The summed E-state index contributed by atoms with van der Waals surface area (Å²) in [5, 5.41) is 3.18. The molecule has 37 heavy (non-hydrogen) atoms. The van der Waals surface area contributed by atoms with Crippen LogP contribution in [0.25, 0.3) is 5.57 Å². The molecule has 2 unspecified atom stereocenters. The van der Waals surface area contributed by atoms with Crippen molar-refractivity contribution in [2.45, 2.75) is 66.3 Å². The van der Waals surface area contributed by atoms with Crippen molar-refractivity contribution in [1.29, 1.82) is 0 Å². The number of aliphatic imine (C=N–C) groups is 1. The number of likely N-dealkylation sites (N-methyl/N-ethyl adjacent to an activating group) is 1. The standard InChI is InChI=1S/C33H43N3O/c1-9-13-14-16-27-17-19-31(33(24-27)37-29(15-10-2)23-26(6)35-7)30(25(5)11-3)20-18-28(12-4)32(36-8)21-22-34/h12,15,17-20,23-25,32,36H,4,7,9-11,13,34H2,1-3,5-6,8H3/b26-23-,28-18+,29-15+,30-20+. The number of ether oxygens (including phenoxy) is 1. The Morgan fingerprint density at radius 3 is 2.57 bits per heavy atom. The van der Waals surface area contributed by atoms with Crippen molar-refractivity contribution in [3.63, 3.8) is 0 Å². The van der Waals surface area contributed by atoms with E-state index >= 15 is 0 Å². The molecule has 1 rings (SSSR count). The van der Waals surface area contributed by atoms with Gasteiger partial charge in [0.1, 0.15) is 11.5 Å². The molecule has 2 atom stereocenters. The number of benzene rings is 1. The van der Waals surface area contributed by atoms with Crippen LogP contribution in [-0.4, -0.2) is 19.8 Å². The van der Waals surface area contributed by atoms with Crippen LogP contribution in [0, 0.1) is 29.7 Å². The van der Waals surface area contributed by atoms with Crippen molar-refractivity contribution in [1.82, 2.24) is 5.32 Å². The minimum Gasteiger partial charge on any atom is -0.457 e. The van der Waals surface area contributed by atoms with E-state index in [0.29, 0.717) is 0 Å². The lowest BCUT2D eigenvalue weighted by atomic mass is 9.89. The highest BCUT2D eigenvalue weighted by Crippen LogP contribution is 2.35. The maximum Gasteiger partial charge on any atom is 0.136 e. The van der Waals surface area contributed by atoms with Gasteiger partial charge in [0, 0.05) is 35.4 Å². The molecule has 0 heterocycles. The summed E-state index contributed by atoms with van der Waals surface area (Å²) in [7, 11) is 1.85. The molecular weight excluding hydrogens is 454 g/mol. The zero-order valence-corrected chi connectivity index (χ0v) is 23.4. The summed E-state index contributed by atoms with van der Waals surface area (Å²) in [6, 6.07) is 8.48. The maximum atomic E-state index is 6.52. The van der Waals surface area contributed by atoms with Crippen LogP contribution in [0.4, 0.5) is 0 Å². The van der Waals surface area contributed by atoms with Gasteiger partial charge in [-0.25, -0.2) is 0 Å². The van der Waals surface area contributed by atoms with Gasteiger partial charge in [0.25, 0.3) is 0 Å². The van der Waals surface area contributed by atoms with Gasteiger partial charge in [-0.3, -0.25) is 4.99 Å². The lowest BCUT2D eigenvalue weighted by Gasteiger charge is -2.20. The smallest absolute Gasteiger partial charge is 0.136 e. The normalized spacial score (nSPS) is 14.0. The van der Waals surface area contributed by atoms with E-state index in [0.717, 1.165) is 65.2 Å². The monoisotopic (exact) mass is 497 g/mol. The molecule has 0 radical (unpaired) electrons. The highest BCUT2D eigenvalue weighted by molar-refractivity contribution is 5.74. The SMILES string of the molecule is C=C/C(=C\C=C(\c1ccc(C#CCCC)cc1OC(/C=C(/C)N=C)=C/CC)C(C)CC)C(C#CN)NC. The van der Waals surface area contributed by atoms with Gasteiger partial charge in [-0.1, -0.05) is 70.3 Å². The Balaban J connectivity index is 3.81. The molecule has 0 saturated heterocycles. The predicted molar refractivity (Wildman–Crippen MR) is 161 cm³/mol. The van der Waals surface area contributed by atoms with E-state index < -0.39 is 0 Å². The van der Waals surface area contributed by atoms with Crippen LogP contribution in [0.3, 0.4) is 0 Å². The number of hydrogen-bond acceptors (Lipinski definition) is 4. The fraction of sp³-hybridized carbons (Fsp3) is 0.364. The van der Waals surface area contributed by atoms with E-state index in [9.17, 15) is 0 Å². The Bertz CT molecular complexity index is 1160. The molecule has 0 fully saturated rings. The van der Waals surface area contributed by atoms with Gasteiger partial charge < -0.3 is 15.8 Å². The summed E-state index contributed by atoms with van der Waals surface area (Å²) in [5.74, 6) is 11.3. The molecule has 0 spiro atoms. The van der Waals surface area contributed by atoms with Crippen molar-refractivity contribution in [2.75, 3.05) is 7.05 Å². The van der Waals surface area contributed by atoms with Crippen LogP contribution in [0.2, 0.25) is 0 Å². The largest absolute Gasteiger partial charge is 0.457 e. The maximum absolute atomic E-state index is 6.52. The highest BCUT2D eigenvalue weighted by atomic mass is 16.5. The summed E-state index contributed by atoms with van der Waals surface area (Å²) >= 11 is 0. The molecule has 0 aliphatic rings. The van der Waals surface area contributed by atoms with Crippen molar-refractivity contribution >= 4 is 12.3 Å². The number of allylic oxidation sites excluding steroid dienone is 6. The highest BCUT2D eigenvalue weighted by Gasteiger charge is 2.16. The van der Waals surface area contributed by atoms with E-state index in [1.165, 1.54) is 0 Å². The first kappa shape index (κ1) is 31.3. The molecular formula is C33H43N3O. The van der Waals surface area contributed by atoms with Gasteiger partial charge in [-0.05, 0) is 81.3 Å². The predicted octanol–water partition coefficient (Wildman–Crippen LogP) is 7.16. The van der Waals surface area contributed by atoms with Crippen molar-refractivity contribution in [2.24, 2.45) is 16.6 Å². The van der Waals surface area contributed by atoms with Gasteiger partial charge in [0.15, 0.2) is 0 Å². The fourth-order valence-corrected chi connectivity index (χ4v) is 3.54.